The first-order chi connectivity index (χ1) is 7.81. The van der Waals surface area contributed by atoms with Crippen LogP contribution in [0.4, 0.5) is 4.39 Å². The van der Waals surface area contributed by atoms with Crippen LogP contribution >= 0.6 is 15.9 Å². The maximum Gasteiger partial charge on any atom is 0.252 e. The molecule has 0 radical (unpaired) electrons. The molecule has 0 saturated heterocycles. The van der Waals surface area contributed by atoms with Crippen LogP contribution in [0.15, 0.2) is 22.7 Å². The minimum atomic E-state index is -0.423. The van der Waals surface area contributed by atoms with Crippen LogP contribution in [0.2, 0.25) is 0 Å². The van der Waals surface area contributed by atoms with Gasteiger partial charge in [0.2, 0.25) is 0 Å². The maximum atomic E-state index is 13.2. The molecule has 0 aliphatic heterocycles. The fraction of sp³-hybridized carbons (Fsp3) is 0.462. The molecule has 1 amide bonds. The number of carbonyl (C=O) groups excluding carboxylic acids is 1. The fourth-order valence-electron chi connectivity index (χ4n) is 1.33. The van der Waals surface area contributed by atoms with Gasteiger partial charge in [-0.3, -0.25) is 4.79 Å². The number of benzene rings is 1. The summed E-state index contributed by atoms with van der Waals surface area (Å²) >= 11 is 3.08. The van der Waals surface area contributed by atoms with Gasteiger partial charge in [-0.2, -0.15) is 0 Å². The summed E-state index contributed by atoms with van der Waals surface area (Å²) in [7, 11) is 0. The van der Waals surface area contributed by atoms with Crippen molar-refractivity contribution in [2.24, 2.45) is 5.41 Å². The highest BCUT2D eigenvalue weighted by Crippen LogP contribution is 2.21. The predicted molar refractivity (Wildman–Crippen MR) is 70.5 cm³/mol. The molecule has 2 nitrogen and oxygen atoms in total. The second-order valence-corrected chi connectivity index (χ2v) is 5.96. The molecule has 0 heterocycles. The van der Waals surface area contributed by atoms with E-state index in [-0.39, 0.29) is 15.8 Å². The van der Waals surface area contributed by atoms with E-state index in [1.807, 2.05) is 0 Å². The highest BCUT2D eigenvalue weighted by atomic mass is 79.9. The molecule has 0 saturated carbocycles. The number of rotatable bonds is 3. The minimum Gasteiger partial charge on any atom is -0.352 e. The molecule has 1 N–H and O–H groups in total. The largest absolute Gasteiger partial charge is 0.352 e. The molecule has 94 valence electrons. The summed E-state index contributed by atoms with van der Waals surface area (Å²) in [6, 6.07) is 4.44. The lowest BCUT2D eigenvalue weighted by atomic mass is 9.92. The van der Waals surface area contributed by atoms with Gasteiger partial charge in [-0.15, -0.1) is 0 Å². The van der Waals surface area contributed by atoms with Crippen molar-refractivity contribution in [2.45, 2.75) is 27.2 Å². The van der Waals surface area contributed by atoms with E-state index >= 15 is 0 Å². The summed E-state index contributed by atoms with van der Waals surface area (Å²) in [6.07, 6.45) is 0.881. The molecule has 0 atom stereocenters. The summed E-state index contributed by atoms with van der Waals surface area (Å²) in [5, 5.41) is 2.79. The number of nitrogens with one attached hydrogen (secondary N) is 1. The first kappa shape index (κ1) is 14.2. The van der Waals surface area contributed by atoms with Crippen molar-refractivity contribution >= 4 is 21.8 Å². The van der Waals surface area contributed by atoms with Gasteiger partial charge in [0, 0.05) is 6.54 Å². The van der Waals surface area contributed by atoms with E-state index in [1.165, 1.54) is 12.1 Å². The monoisotopic (exact) mass is 301 g/mol. The Balaban J connectivity index is 2.62. The lowest BCUT2D eigenvalue weighted by Crippen LogP contribution is -2.27. The van der Waals surface area contributed by atoms with Crippen LogP contribution < -0.4 is 5.32 Å². The van der Waals surface area contributed by atoms with E-state index in [0.29, 0.717) is 12.1 Å². The van der Waals surface area contributed by atoms with Gasteiger partial charge in [0.15, 0.2) is 0 Å². The SMILES string of the molecule is CC(C)(C)CCNC(=O)c1cccc(F)c1Br. The molecule has 0 fully saturated rings. The van der Waals surface area contributed by atoms with Crippen LogP contribution in [0.3, 0.4) is 0 Å². The van der Waals surface area contributed by atoms with Crippen LogP contribution in [0, 0.1) is 11.2 Å². The Hall–Kier alpha value is -0.900. The van der Waals surface area contributed by atoms with Crippen molar-refractivity contribution in [3.63, 3.8) is 0 Å². The van der Waals surface area contributed by atoms with Gasteiger partial charge in [0.25, 0.3) is 5.91 Å². The molecular formula is C13H17BrFNO. The normalized spacial score (nSPS) is 11.4. The lowest BCUT2D eigenvalue weighted by molar-refractivity contribution is 0.0948. The molecule has 1 aromatic carbocycles. The topological polar surface area (TPSA) is 29.1 Å². The molecule has 0 aliphatic rings. The third kappa shape index (κ3) is 4.46. The fourth-order valence-corrected chi connectivity index (χ4v) is 1.77. The Bertz CT molecular complexity index is 412. The minimum absolute atomic E-state index is 0.173. The van der Waals surface area contributed by atoms with Crippen molar-refractivity contribution in [1.82, 2.24) is 5.32 Å². The molecule has 0 spiro atoms. The van der Waals surface area contributed by atoms with Gasteiger partial charge < -0.3 is 5.32 Å². The lowest BCUT2D eigenvalue weighted by Gasteiger charge is -2.18. The van der Waals surface area contributed by atoms with Gasteiger partial charge in [-0.05, 0) is 39.9 Å². The van der Waals surface area contributed by atoms with Crippen LogP contribution in [-0.4, -0.2) is 12.5 Å². The van der Waals surface area contributed by atoms with E-state index < -0.39 is 5.82 Å². The van der Waals surface area contributed by atoms with Gasteiger partial charge in [-0.1, -0.05) is 26.8 Å². The summed E-state index contributed by atoms with van der Waals surface area (Å²) in [5.41, 5.74) is 0.505. The van der Waals surface area contributed by atoms with E-state index in [1.54, 1.807) is 6.07 Å². The smallest absolute Gasteiger partial charge is 0.252 e. The van der Waals surface area contributed by atoms with Crippen molar-refractivity contribution < 1.29 is 9.18 Å². The third-order valence-corrected chi connectivity index (χ3v) is 3.16. The number of hydrogen-bond acceptors (Lipinski definition) is 1. The van der Waals surface area contributed by atoms with E-state index in [9.17, 15) is 9.18 Å². The van der Waals surface area contributed by atoms with E-state index in [2.05, 4.69) is 42.0 Å². The van der Waals surface area contributed by atoms with Crippen molar-refractivity contribution in [2.75, 3.05) is 6.54 Å². The molecule has 1 aromatic rings. The maximum absolute atomic E-state index is 13.2. The average Bonchev–Trinajstić information content (AvgIpc) is 2.20. The molecular weight excluding hydrogens is 285 g/mol. The molecule has 0 bridgehead atoms. The summed E-state index contributed by atoms with van der Waals surface area (Å²) < 4.78 is 13.4. The molecule has 4 heteroatoms. The summed E-state index contributed by atoms with van der Waals surface area (Å²) in [6.45, 7) is 6.91. The van der Waals surface area contributed by atoms with E-state index in [0.717, 1.165) is 6.42 Å². The summed E-state index contributed by atoms with van der Waals surface area (Å²) in [4.78, 5) is 11.8. The molecule has 0 aromatic heterocycles. The molecule has 1 rings (SSSR count). The standard InChI is InChI=1S/C13H17BrFNO/c1-13(2,3)7-8-16-12(17)9-5-4-6-10(15)11(9)14/h4-6H,7-8H2,1-3H3,(H,16,17). The highest BCUT2D eigenvalue weighted by molar-refractivity contribution is 9.10. The Morgan fingerprint density at radius 3 is 2.65 bits per heavy atom. The predicted octanol–water partition coefficient (Wildman–Crippen LogP) is 3.75. The Morgan fingerprint density at radius 2 is 2.06 bits per heavy atom. The Morgan fingerprint density at radius 1 is 1.41 bits per heavy atom. The van der Waals surface area contributed by atoms with Gasteiger partial charge >= 0.3 is 0 Å². The number of halogens is 2. The van der Waals surface area contributed by atoms with Crippen LogP contribution in [0.25, 0.3) is 0 Å². The number of amides is 1. The summed E-state index contributed by atoms with van der Waals surface area (Å²) in [5.74, 6) is -0.672. The van der Waals surface area contributed by atoms with Gasteiger partial charge in [0.1, 0.15) is 5.82 Å². The third-order valence-electron chi connectivity index (χ3n) is 2.36. The van der Waals surface area contributed by atoms with Crippen LogP contribution in [0.5, 0.6) is 0 Å². The number of hydrogen-bond donors (Lipinski definition) is 1. The number of carbonyl (C=O) groups is 1. The molecule has 0 aliphatic carbocycles. The Kier molecular flexibility index (Phi) is 4.69. The zero-order valence-corrected chi connectivity index (χ0v) is 11.9. The van der Waals surface area contributed by atoms with Gasteiger partial charge in [0.05, 0.1) is 10.0 Å². The highest BCUT2D eigenvalue weighted by Gasteiger charge is 2.14. The van der Waals surface area contributed by atoms with Crippen molar-refractivity contribution in [3.8, 4) is 0 Å². The zero-order chi connectivity index (χ0) is 13.1. The van der Waals surface area contributed by atoms with Crippen LogP contribution in [-0.2, 0) is 0 Å². The quantitative estimate of drug-likeness (QED) is 0.905. The zero-order valence-electron chi connectivity index (χ0n) is 10.3. The molecule has 17 heavy (non-hydrogen) atoms. The second-order valence-electron chi connectivity index (χ2n) is 5.17. The average molecular weight is 302 g/mol. The first-order valence-electron chi connectivity index (χ1n) is 5.53. The molecule has 0 unspecified atom stereocenters. The van der Waals surface area contributed by atoms with Crippen LogP contribution in [0.1, 0.15) is 37.6 Å². The van der Waals surface area contributed by atoms with Gasteiger partial charge in [-0.25, -0.2) is 4.39 Å². The van der Waals surface area contributed by atoms with Crippen molar-refractivity contribution in [1.29, 1.82) is 0 Å². The Labute approximate surface area is 110 Å². The first-order valence-corrected chi connectivity index (χ1v) is 6.33. The van der Waals surface area contributed by atoms with E-state index in [4.69, 9.17) is 0 Å². The second kappa shape index (κ2) is 5.63. The van der Waals surface area contributed by atoms with Crippen molar-refractivity contribution in [3.05, 3.63) is 34.1 Å².